The van der Waals surface area contributed by atoms with Gasteiger partial charge in [0.1, 0.15) is 12.8 Å². The third-order valence-electron chi connectivity index (χ3n) is 1.74. The second-order valence-corrected chi connectivity index (χ2v) is 4.31. The van der Waals surface area contributed by atoms with E-state index in [4.69, 9.17) is 0 Å². The van der Waals surface area contributed by atoms with Crippen LogP contribution in [0.1, 0.15) is 15.9 Å². The molecular formula is C11H16FNO. The average Bonchev–Trinajstić information content (AvgIpc) is 2.01. The summed E-state index contributed by atoms with van der Waals surface area (Å²) in [6, 6.07) is 7.74. The lowest BCUT2D eigenvalue weighted by Crippen LogP contribution is -3.00. The van der Waals surface area contributed by atoms with Crippen LogP contribution in [0, 0.1) is 0 Å². The molecule has 0 bridgehead atoms. The van der Waals surface area contributed by atoms with Gasteiger partial charge in [0.15, 0.2) is 0 Å². The second kappa shape index (κ2) is 4.86. The van der Waals surface area contributed by atoms with E-state index in [1.165, 1.54) is 5.56 Å². The summed E-state index contributed by atoms with van der Waals surface area (Å²) < 4.78 is 0.877. The molecule has 78 valence electrons. The van der Waals surface area contributed by atoms with Crippen molar-refractivity contribution in [2.75, 3.05) is 21.1 Å². The van der Waals surface area contributed by atoms with Gasteiger partial charge in [0.25, 0.3) is 0 Å². The van der Waals surface area contributed by atoms with Crippen molar-refractivity contribution in [2.24, 2.45) is 0 Å². The molecule has 0 saturated heterocycles. The lowest BCUT2D eigenvalue weighted by atomic mass is 10.1. The maximum Gasteiger partial charge on any atom is 0.150 e. The number of rotatable bonds is 3. The zero-order valence-electron chi connectivity index (χ0n) is 8.83. The standard InChI is InChI=1S/C11H16NO.FH/c1-12(2,3)8-10-5-4-6-11(7-10)9-13;/h4-7,9H,8H2,1-3H3;1H/q+1;/p-1. The van der Waals surface area contributed by atoms with Gasteiger partial charge in [-0.3, -0.25) is 4.79 Å². The number of nitrogens with zero attached hydrogens (tertiary/aromatic N) is 1. The molecule has 0 fully saturated rings. The van der Waals surface area contributed by atoms with Gasteiger partial charge in [-0.15, -0.1) is 0 Å². The largest absolute Gasteiger partial charge is 1.00 e. The number of aldehydes is 1. The van der Waals surface area contributed by atoms with Crippen molar-refractivity contribution in [3.05, 3.63) is 35.4 Å². The Balaban J connectivity index is 0.00000169. The first-order chi connectivity index (χ1) is 6.01. The summed E-state index contributed by atoms with van der Waals surface area (Å²) in [5.41, 5.74) is 1.96. The Morgan fingerprint density at radius 3 is 2.43 bits per heavy atom. The van der Waals surface area contributed by atoms with Crippen LogP contribution in [0.15, 0.2) is 24.3 Å². The number of quaternary nitrogens is 1. The van der Waals surface area contributed by atoms with Crippen LogP contribution in [-0.2, 0) is 6.54 Å². The average molecular weight is 197 g/mol. The van der Waals surface area contributed by atoms with Crippen molar-refractivity contribution < 1.29 is 14.0 Å². The number of carbonyl (C=O) groups excluding carboxylic acids is 1. The molecule has 0 aliphatic heterocycles. The summed E-state index contributed by atoms with van der Waals surface area (Å²) in [6.07, 6.45) is 0.888. The van der Waals surface area contributed by atoms with Gasteiger partial charge in [-0.05, 0) is 6.07 Å². The number of halogens is 1. The fraction of sp³-hybridized carbons (Fsp3) is 0.364. The van der Waals surface area contributed by atoms with E-state index in [-0.39, 0.29) is 4.70 Å². The molecule has 2 nitrogen and oxygen atoms in total. The van der Waals surface area contributed by atoms with Gasteiger partial charge in [-0.25, -0.2) is 0 Å². The van der Waals surface area contributed by atoms with Gasteiger partial charge in [-0.2, -0.15) is 0 Å². The Bertz CT molecular complexity index is 304. The molecule has 1 aromatic rings. The molecule has 0 spiro atoms. The zero-order chi connectivity index (χ0) is 9.90. The Morgan fingerprint density at radius 1 is 1.29 bits per heavy atom. The monoisotopic (exact) mass is 197 g/mol. The van der Waals surface area contributed by atoms with E-state index < -0.39 is 0 Å². The summed E-state index contributed by atoms with van der Waals surface area (Å²) >= 11 is 0. The minimum Gasteiger partial charge on any atom is -1.00 e. The third-order valence-corrected chi connectivity index (χ3v) is 1.74. The van der Waals surface area contributed by atoms with E-state index in [0.717, 1.165) is 22.9 Å². The highest BCUT2D eigenvalue weighted by Crippen LogP contribution is 2.08. The second-order valence-electron chi connectivity index (χ2n) is 4.31. The van der Waals surface area contributed by atoms with E-state index in [2.05, 4.69) is 27.2 Å². The molecule has 3 heteroatoms. The van der Waals surface area contributed by atoms with E-state index in [9.17, 15) is 4.79 Å². The van der Waals surface area contributed by atoms with Crippen molar-refractivity contribution in [3.8, 4) is 0 Å². The predicted molar refractivity (Wildman–Crippen MR) is 53.6 cm³/mol. The number of hydrogen-bond donors (Lipinski definition) is 0. The van der Waals surface area contributed by atoms with E-state index in [1.807, 2.05) is 18.2 Å². The summed E-state index contributed by atoms with van der Waals surface area (Å²) in [5, 5.41) is 0. The van der Waals surface area contributed by atoms with Crippen LogP contribution in [0.4, 0.5) is 0 Å². The molecule has 0 saturated carbocycles. The molecule has 0 radical (unpaired) electrons. The van der Waals surface area contributed by atoms with Crippen LogP contribution in [0.25, 0.3) is 0 Å². The third kappa shape index (κ3) is 4.14. The zero-order valence-corrected chi connectivity index (χ0v) is 8.83. The van der Waals surface area contributed by atoms with Crippen molar-refractivity contribution in [3.63, 3.8) is 0 Å². The molecule has 0 heterocycles. The van der Waals surface area contributed by atoms with Crippen molar-refractivity contribution >= 4 is 6.29 Å². The molecule has 0 aromatic heterocycles. The smallest absolute Gasteiger partial charge is 0.150 e. The van der Waals surface area contributed by atoms with E-state index >= 15 is 0 Å². The van der Waals surface area contributed by atoms with E-state index in [1.54, 1.807) is 0 Å². The van der Waals surface area contributed by atoms with Gasteiger partial charge in [0, 0.05) is 11.1 Å². The minimum absolute atomic E-state index is 0. The highest BCUT2D eigenvalue weighted by molar-refractivity contribution is 5.74. The fourth-order valence-electron chi connectivity index (χ4n) is 1.31. The Hall–Kier alpha value is -1.22. The van der Waals surface area contributed by atoms with Gasteiger partial charge in [-0.1, -0.05) is 18.2 Å². The van der Waals surface area contributed by atoms with Crippen molar-refractivity contribution in [1.29, 1.82) is 0 Å². The summed E-state index contributed by atoms with van der Waals surface area (Å²) in [4.78, 5) is 10.5. The highest BCUT2D eigenvalue weighted by atomic mass is 19.0. The van der Waals surface area contributed by atoms with Crippen molar-refractivity contribution in [1.82, 2.24) is 0 Å². The minimum atomic E-state index is 0. The predicted octanol–water partition coefficient (Wildman–Crippen LogP) is -1.29. The molecule has 1 aromatic carbocycles. The highest BCUT2D eigenvalue weighted by Gasteiger charge is 2.08. The molecule has 0 aliphatic carbocycles. The first kappa shape index (κ1) is 12.8. The maximum absolute atomic E-state index is 10.5. The van der Waals surface area contributed by atoms with Gasteiger partial charge in [0.2, 0.25) is 0 Å². The van der Waals surface area contributed by atoms with Gasteiger partial charge < -0.3 is 9.19 Å². The molecule has 0 amide bonds. The molecule has 1 rings (SSSR count). The Labute approximate surface area is 84.1 Å². The van der Waals surface area contributed by atoms with Crippen LogP contribution in [0.5, 0.6) is 0 Å². The maximum atomic E-state index is 10.5. The van der Waals surface area contributed by atoms with Gasteiger partial charge in [0.05, 0.1) is 21.1 Å². The van der Waals surface area contributed by atoms with Crippen LogP contribution in [0.3, 0.4) is 0 Å². The molecule has 14 heavy (non-hydrogen) atoms. The molecule has 0 N–H and O–H groups in total. The fourth-order valence-corrected chi connectivity index (χ4v) is 1.31. The quantitative estimate of drug-likeness (QED) is 0.435. The normalized spacial score (nSPS) is 10.5. The molecule has 0 atom stereocenters. The number of benzene rings is 1. The van der Waals surface area contributed by atoms with Crippen molar-refractivity contribution in [2.45, 2.75) is 6.54 Å². The van der Waals surface area contributed by atoms with Crippen LogP contribution >= 0.6 is 0 Å². The summed E-state index contributed by atoms with van der Waals surface area (Å²) in [6.45, 7) is 0.946. The topological polar surface area (TPSA) is 17.1 Å². The lowest BCUT2D eigenvalue weighted by Gasteiger charge is -2.23. The van der Waals surface area contributed by atoms with Crippen LogP contribution in [0.2, 0.25) is 0 Å². The molecule has 0 unspecified atom stereocenters. The summed E-state index contributed by atoms with van der Waals surface area (Å²) in [5.74, 6) is 0. The lowest BCUT2D eigenvalue weighted by molar-refractivity contribution is -0.884. The van der Waals surface area contributed by atoms with Crippen LogP contribution in [-0.4, -0.2) is 31.9 Å². The van der Waals surface area contributed by atoms with Crippen LogP contribution < -0.4 is 4.70 Å². The molecule has 0 aliphatic rings. The Kier molecular flexibility index (Phi) is 4.44. The molecular weight excluding hydrogens is 181 g/mol. The SMILES string of the molecule is C[N+](C)(C)Cc1cccc(C=O)c1.[F-]. The Morgan fingerprint density at radius 2 is 1.93 bits per heavy atom. The summed E-state index contributed by atoms with van der Waals surface area (Å²) in [7, 11) is 6.40. The van der Waals surface area contributed by atoms with E-state index in [0.29, 0.717) is 0 Å². The first-order valence-electron chi connectivity index (χ1n) is 4.36. The number of hydrogen-bond acceptors (Lipinski definition) is 1. The van der Waals surface area contributed by atoms with Gasteiger partial charge >= 0.3 is 0 Å². The first-order valence-corrected chi connectivity index (χ1v) is 4.36. The number of carbonyl (C=O) groups is 1.